The standard InChI is InChI=1S/C17H25NO2/c1-4-17(12-6-5-7-13(17)2)16(19)18-14-8-10-15(20-3)11-9-14/h8-11,13H,4-7,12H2,1-3H3,(H,18,19). The normalized spacial score (nSPS) is 26.1. The van der Waals surface area contributed by atoms with Crippen molar-refractivity contribution >= 4 is 11.6 Å². The third-order valence-electron chi connectivity index (χ3n) is 4.88. The molecule has 20 heavy (non-hydrogen) atoms. The van der Waals surface area contributed by atoms with Crippen LogP contribution in [0.1, 0.15) is 46.0 Å². The SMILES string of the molecule is CCC1(C(=O)Nc2ccc(OC)cc2)CCCCC1C. The van der Waals surface area contributed by atoms with Gasteiger partial charge < -0.3 is 10.1 Å². The van der Waals surface area contributed by atoms with Gasteiger partial charge >= 0.3 is 0 Å². The van der Waals surface area contributed by atoms with Crippen molar-refractivity contribution in [3.05, 3.63) is 24.3 Å². The lowest BCUT2D eigenvalue weighted by atomic mass is 9.65. The molecule has 0 aromatic heterocycles. The quantitative estimate of drug-likeness (QED) is 0.892. The van der Waals surface area contributed by atoms with Gasteiger partial charge in [0.2, 0.25) is 5.91 Å². The molecule has 0 radical (unpaired) electrons. The third-order valence-corrected chi connectivity index (χ3v) is 4.88. The molecule has 1 aromatic carbocycles. The molecular weight excluding hydrogens is 250 g/mol. The molecular formula is C17H25NO2. The van der Waals surface area contributed by atoms with Gasteiger partial charge in [0.15, 0.2) is 0 Å². The van der Waals surface area contributed by atoms with Crippen LogP contribution in [0.4, 0.5) is 5.69 Å². The van der Waals surface area contributed by atoms with Crippen molar-refractivity contribution in [1.82, 2.24) is 0 Å². The average Bonchev–Trinajstić information content (AvgIpc) is 2.48. The zero-order valence-electron chi connectivity index (χ0n) is 12.7. The third kappa shape index (κ3) is 2.82. The van der Waals surface area contributed by atoms with Gasteiger partial charge in [-0.15, -0.1) is 0 Å². The molecule has 3 heteroatoms. The number of ether oxygens (including phenoxy) is 1. The maximum absolute atomic E-state index is 12.7. The van der Waals surface area contributed by atoms with Crippen LogP contribution in [-0.2, 0) is 4.79 Å². The van der Waals surface area contributed by atoms with Crippen LogP contribution in [-0.4, -0.2) is 13.0 Å². The van der Waals surface area contributed by atoms with Gasteiger partial charge in [0.05, 0.1) is 12.5 Å². The van der Waals surface area contributed by atoms with Crippen molar-refractivity contribution in [2.75, 3.05) is 12.4 Å². The van der Waals surface area contributed by atoms with Crippen molar-refractivity contribution in [1.29, 1.82) is 0 Å². The second kappa shape index (κ2) is 6.29. The minimum absolute atomic E-state index is 0.178. The van der Waals surface area contributed by atoms with Crippen LogP contribution in [0.25, 0.3) is 0 Å². The van der Waals surface area contributed by atoms with Crippen LogP contribution >= 0.6 is 0 Å². The zero-order chi connectivity index (χ0) is 14.6. The van der Waals surface area contributed by atoms with E-state index >= 15 is 0 Å². The molecule has 0 bridgehead atoms. The van der Waals surface area contributed by atoms with Gasteiger partial charge in [-0.1, -0.05) is 26.7 Å². The Bertz CT molecular complexity index is 455. The first-order valence-electron chi connectivity index (χ1n) is 7.58. The number of carbonyl (C=O) groups excluding carboxylic acids is 1. The number of benzene rings is 1. The summed E-state index contributed by atoms with van der Waals surface area (Å²) in [6.07, 6.45) is 5.49. The van der Waals surface area contributed by atoms with Gasteiger partial charge in [-0.05, 0) is 49.4 Å². The van der Waals surface area contributed by atoms with Crippen molar-refractivity contribution in [3.63, 3.8) is 0 Å². The zero-order valence-corrected chi connectivity index (χ0v) is 12.7. The number of hydrogen-bond acceptors (Lipinski definition) is 2. The van der Waals surface area contributed by atoms with Gasteiger partial charge in [-0.3, -0.25) is 4.79 Å². The molecule has 0 aliphatic heterocycles. The highest BCUT2D eigenvalue weighted by molar-refractivity contribution is 5.95. The van der Waals surface area contributed by atoms with E-state index in [2.05, 4.69) is 19.2 Å². The molecule has 0 spiro atoms. The topological polar surface area (TPSA) is 38.3 Å². The number of methoxy groups -OCH3 is 1. The first-order valence-corrected chi connectivity index (χ1v) is 7.58. The van der Waals surface area contributed by atoms with Crippen molar-refractivity contribution in [2.45, 2.75) is 46.0 Å². The Labute approximate surface area is 121 Å². The highest BCUT2D eigenvalue weighted by Gasteiger charge is 2.43. The summed E-state index contributed by atoms with van der Waals surface area (Å²) < 4.78 is 5.14. The monoisotopic (exact) mass is 275 g/mol. The highest BCUT2D eigenvalue weighted by Crippen LogP contribution is 2.44. The van der Waals surface area contributed by atoms with E-state index in [9.17, 15) is 4.79 Å². The van der Waals surface area contributed by atoms with E-state index in [1.54, 1.807) is 7.11 Å². The number of rotatable bonds is 4. The fourth-order valence-electron chi connectivity index (χ4n) is 3.37. The lowest BCUT2D eigenvalue weighted by Crippen LogP contribution is -2.43. The van der Waals surface area contributed by atoms with Crippen molar-refractivity contribution in [2.24, 2.45) is 11.3 Å². The van der Waals surface area contributed by atoms with E-state index in [-0.39, 0.29) is 11.3 Å². The molecule has 1 aromatic rings. The molecule has 2 atom stereocenters. The minimum Gasteiger partial charge on any atom is -0.497 e. The number of nitrogens with one attached hydrogen (secondary N) is 1. The average molecular weight is 275 g/mol. The first-order chi connectivity index (χ1) is 9.62. The molecule has 1 aliphatic carbocycles. The van der Waals surface area contributed by atoms with E-state index in [0.717, 1.165) is 37.1 Å². The predicted octanol–water partition coefficient (Wildman–Crippen LogP) is 4.24. The lowest BCUT2D eigenvalue weighted by molar-refractivity contribution is -0.130. The second-order valence-corrected chi connectivity index (χ2v) is 5.84. The fraction of sp³-hybridized carbons (Fsp3) is 0.588. The molecule has 0 heterocycles. The van der Waals surface area contributed by atoms with E-state index in [1.807, 2.05) is 24.3 Å². The number of hydrogen-bond donors (Lipinski definition) is 1. The summed E-state index contributed by atoms with van der Waals surface area (Å²) in [4.78, 5) is 12.7. The van der Waals surface area contributed by atoms with Gasteiger partial charge in [-0.2, -0.15) is 0 Å². The molecule has 1 fully saturated rings. The van der Waals surface area contributed by atoms with Gasteiger partial charge in [-0.25, -0.2) is 0 Å². The summed E-state index contributed by atoms with van der Waals surface area (Å²) in [6, 6.07) is 7.54. The fourth-order valence-corrected chi connectivity index (χ4v) is 3.37. The van der Waals surface area contributed by atoms with E-state index < -0.39 is 0 Å². The second-order valence-electron chi connectivity index (χ2n) is 5.84. The Balaban J connectivity index is 2.12. The van der Waals surface area contributed by atoms with E-state index in [1.165, 1.54) is 6.42 Å². The molecule has 1 aliphatic rings. The molecule has 1 N–H and O–H groups in total. The number of amides is 1. The van der Waals surface area contributed by atoms with Crippen LogP contribution in [0.3, 0.4) is 0 Å². The summed E-state index contributed by atoms with van der Waals surface area (Å²) in [7, 11) is 1.64. The van der Waals surface area contributed by atoms with E-state index in [0.29, 0.717) is 5.92 Å². The Morgan fingerprint density at radius 1 is 1.35 bits per heavy atom. The largest absolute Gasteiger partial charge is 0.497 e. The molecule has 3 nitrogen and oxygen atoms in total. The highest BCUT2D eigenvalue weighted by atomic mass is 16.5. The van der Waals surface area contributed by atoms with Crippen LogP contribution < -0.4 is 10.1 Å². The predicted molar refractivity (Wildman–Crippen MR) is 82.0 cm³/mol. The summed E-state index contributed by atoms with van der Waals surface area (Å²) in [5.74, 6) is 1.44. The number of anilines is 1. The molecule has 2 unspecified atom stereocenters. The van der Waals surface area contributed by atoms with Crippen molar-refractivity contribution in [3.8, 4) is 5.75 Å². The molecule has 2 rings (SSSR count). The minimum atomic E-state index is -0.196. The van der Waals surface area contributed by atoms with Gasteiger partial charge in [0.25, 0.3) is 0 Å². The summed E-state index contributed by atoms with van der Waals surface area (Å²) >= 11 is 0. The van der Waals surface area contributed by atoms with Crippen LogP contribution in [0.2, 0.25) is 0 Å². The van der Waals surface area contributed by atoms with Crippen LogP contribution in [0.15, 0.2) is 24.3 Å². The van der Waals surface area contributed by atoms with Crippen molar-refractivity contribution < 1.29 is 9.53 Å². The van der Waals surface area contributed by atoms with Crippen LogP contribution in [0.5, 0.6) is 5.75 Å². The van der Waals surface area contributed by atoms with Crippen LogP contribution in [0, 0.1) is 11.3 Å². The summed E-state index contributed by atoms with van der Waals surface area (Å²) in [6.45, 7) is 4.35. The molecule has 1 saturated carbocycles. The Morgan fingerprint density at radius 3 is 2.60 bits per heavy atom. The van der Waals surface area contributed by atoms with Gasteiger partial charge in [0, 0.05) is 5.69 Å². The molecule has 110 valence electrons. The summed E-state index contributed by atoms with van der Waals surface area (Å²) in [5, 5.41) is 3.09. The maximum Gasteiger partial charge on any atom is 0.230 e. The molecule has 0 saturated heterocycles. The first kappa shape index (κ1) is 14.9. The maximum atomic E-state index is 12.7. The Hall–Kier alpha value is -1.51. The molecule has 1 amide bonds. The Kier molecular flexibility index (Phi) is 4.69. The van der Waals surface area contributed by atoms with Gasteiger partial charge in [0.1, 0.15) is 5.75 Å². The van der Waals surface area contributed by atoms with E-state index in [4.69, 9.17) is 4.74 Å². The Morgan fingerprint density at radius 2 is 2.05 bits per heavy atom. The lowest BCUT2D eigenvalue weighted by Gasteiger charge is -2.40. The number of carbonyl (C=O) groups is 1. The smallest absolute Gasteiger partial charge is 0.230 e. The summed E-state index contributed by atoms with van der Waals surface area (Å²) in [5.41, 5.74) is 0.652.